The number of nitrogens with zero attached hydrogens (tertiary/aromatic N) is 1. The van der Waals surface area contributed by atoms with Crippen molar-refractivity contribution < 1.29 is 24.2 Å². The molecule has 0 spiro atoms. The molecule has 112 valence electrons. The molecule has 2 unspecified atom stereocenters. The van der Waals surface area contributed by atoms with Gasteiger partial charge < -0.3 is 20.1 Å². The number of hydrogen-bond acceptors (Lipinski definition) is 4. The molecule has 1 saturated heterocycles. The summed E-state index contributed by atoms with van der Waals surface area (Å²) in [5.41, 5.74) is 0. The Kier molecular flexibility index (Phi) is 6.17. The topological polar surface area (TPSA) is 95.9 Å². The molecule has 0 radical (unpaired) electrons. The highest BCUT2D eigenvalue weighted by Gasteiger charge is 2.35. The van der Waals surface area contributed by atoms with Crippen molar-refractivity contribution in [3.8, 4) is 0 Å². The van der Waals surface area contributed by atoms with Gasteiger partial charge >= 0.3 is 5.97 Å². The average Bonchev–Trinajstić information content (AvgIpc) is 2.78. The molecule has 1 heterocycles. The predicted molar refractivity (Wildman–Crippen MR) is 70.9 cm³/mol. The third-order valence-electron chi connectivity index (χ3n) is 3.10. The predicted octanol–water partition coefficient (Wildman–Crippen LogP) is -0.373. The summed E-state index contributed by atoms with van der Waals surface area (Å²) in [5.74, 6) is -2.17. The molecular weight excluding hydrogens is 264 g/mol. The first-order chi connectivity index (χ1) is 9.49. The Hall–Kier alpha value is -1.89. The molecule has 1 aliphatic heterocycles. The SMILES string of the molecule is C=CCOCC(NC(=O)C1CC(=O)N(CC)C1)C(=O)O. The number of carboxylic acid groups (broad SMARTS) is 1. The van der Waals surface area contributed by atoms with Crippen molar-refractivity contribution in [2.45, 2.75) is 19.4 Å². The van der Waals surface area contributed by atoms with Gasteiger partial charge in [0.05, 0.1) is 19.1 Å². The van der Waals surface area contributed by atoms with E-state index in [-0.39, 0.29) is 25.5 Å². The standard InChI is InChI=1S/C13H20N2O5/c1-3-5-20-8-10(13(18)19)14-12(17)9-6-11(16)15(4-2)7-9/h3,9-10H,1,4-8H2,2H3,(H,14,17)(H,18,19). The van der Waals surface area contributed by atoms with Crippen LogP contribution in [0.5, 0.6) is 0 Å². The molecule has 1 rings (SSSR count). The second-order valence-corrected chi connectivity index (χ2v) is 4.56. The van der Waals surface area contributed by atoms with Gasteiger partial charge in [-0.1, -0.05) is 6.08 Å². The third kappa shape index (κ3) is 4.34. The van der Waals surface area contributed by atoms with Crippen LogP contribution in [0.3, 0.4) is 0 Å². The van der Waals surface area contributed by atoms with Crippen LogP contribution in [0.15, 0.2) is 12.7 Å². The van der Waals surface area contributed by atoms with E-state index in [0.717, 1.165) is 0 Å². The Labute approximate surface area is 117 Å². The van der Waals surface area contributed by atoms with Gasteiger partial charge in [0.25, 0.3) is 0 Å². The van der Waals surface area contributed by atoms with E-state index in [1.807, 2.05) is 6.92 Å². The summed E-state index contributed by atoms with van der Waals surface area (Å²) in [4.78, 5) is 36.1. The Balaban J connectivity index is 2.52. The Morgan fingerprint density at radius 2 is 2.35 bits per heavy atom. The van der Waals surface area contributed by atoms with Gasteiger partial charge in [-0.05, 0) is 6.92 Å². The Bertz CT molecular complexity index is 396. The van der Waals surface area contributed by atoms with Crippen molar-refractivity contribution in [3.05, 3.63) is 12.7 Å². The van der Waals surface area contributed by atoms with E-state index in [9.17, 15) is 14.4 Å². The fourth-order valence-corrected chi connectivity index (χ4v) is 1.99. The summed E-state index contributed by atoms with van der Waals surface area (Å²) in [6.45, 7) is 6.25. The number of rotatable bonds is 8. The van der Waals surface area contributed by atoms with Gasteiger partial charge in [0.2, 0.25) is 11.8 Å². The molecule has 0 saturated carbocycles. The van der Waals surface area contributed by atoms with Crippen LogP contribution in [-0.2, 0) is 19.1 Å². The number of carboxylic acids is 1. The Morgan fingerprint density at radius 3 is 2.85 bits per heavy atom. The smallest absolute Gasteiger partial charge is 0.328 e. The molecule has 0 aliphatic carbocycles. The zero-order valence-electron chi connectivity index (χ0n) is 11.5. The van der Waals surface area contributed by atoms with Crippen LogP contribution in [0.1, 0.15) is 13.3 Å². The van der Waals surface area contributed by atoms with E-state index in [2.05, 4.69) is 11.9 Å². The summed E-state index contributed by atoms with van der Waals surface area (Å²) in [7, 11) is 0. The molecule has 7 nitrogen and oxygen atoms in total. The van der Waals surface area contributed by atoms with Crippen molar-refractivity contribution in [1.29, 1.82) is 0 Å². The number of aliphatic carboxylic acids is 1. The first kappa shape index (κ1) is 16.2. The lowest BCUT2D eigenvalue weighted by atomic mass is 10.1. The highest BCUT2D eigenvalue weighted by Crippen LogP contribution is 2.17. The van der Waals surface area contributed by atoms with Crippen LogP contribution in [-0.4, -0.2) is 60.1 Å². The molecule has 2 atom stereocenters. The highest BCUT2D eigenvalue weighted by molar-refractivity contribution is 5.91. The van der Waals surface area contributed by atoms with Crippen molar-refractivity contribution in [2.24, 2.45) is 5.92 Å². The molecular formula is C13H20N2O5. The molecule has 0 aromatic heterocycles. The average molecular weight is 284 g/mol. The van der Waals surface area contributed by atoms with E-state index in [4.69, 9.17) is 9.84 Å². The van der Waals surface area contributed by atoms with Gasteiger partial charge in [-0.3, -0.25) is 9.59 Å². The number of ether oxygens (including phenoxy) is 1. The number of nitrogens with one attached hydrogen (secondary N) is 1. The van der Waals surface area contributed by atoms with Crippen LogP contribution >= 0.6 is 0 Å². The largest absolute Gasteiger partial charge is 0.480 e. The number of carbonyl (C=O) groups excluding carboxylic acids is 2. The fraction of sp³-hybridized carbons (Fsp3) is 0.615. The summed E-state index contributed by atoms with van der Waals surface area (Å²) in [6.07, 6.45) is 1.62. The van der Waals surface area contributed by atoms with Crippen LogP contribution in [0.25, 0.3) is 0 Å². The maximum atomic E-state index is 12.0. The van der Waals surface area contributed by atoms with Gasteiger partial charge in [0.15, 0.2) is 6.04 Å². The van der Waals surface area contributed by atoms with Crippen molar-refractivity contribution in [1.82, 2.24) is 10.2 Å². The maximum Gasteiger partial charge on any atom is 0.328 e. The second kappa shape index (κ2) is 7.64. The normalized spacial score (nSPS) is 19.8. The van der Waals surface area contributed by atoms with Gasteiger partial charge in [0.1, 0.15) is 0 Å². The van der Waals surface area contributed by atoms with Crippen molar-refractivity contribution >= 4 is 17.8 Å². The van der Waals surface area contributed by atoms with E-state index >= 15 is 0 Å². The van der Waals surface area contributed by atoms with Crippen LogP contribution in [0.2, 0.25) is 0 Å². The zero-order valence-corrected chi connectivity index (χ0v) is 11.5. The first-order valence-corrected chi connectivity index (χ1v) is 6.49. The zero-order chi connectivity index (χ0) is 15.1. The van der Waals surface area contributed by atoms with Gasteiger partial charge in [-0.15, -0.1) is 6.58 Å². The highest BCUT2D eigenvalue weighted by atomic mass is 16.5. The molecule has 7 heteroatoms. The second-order valence-electron chi connectivity index (χ2n) is 4.56. The van der Waals surface area contributed by atoms with Crippen LogP contribution in [0, 0.1) is 5.92 Å². The molecule has 1 aliphatic rings. The minimum absolute atomic E-state index is 0.0811. The molecule has 20 heavy (non-hydrogen) atoms. The molecule has 0 bridgehead atoms. The molecule has 2 N–H and O–H groups in total. The van der Waals surface area contributed by atoms with Crippen LogP contribution < -0.4 is 5.32 Å². The van der Waals surface area contributed by atoms with Gasteiger partial charge in [-0.25, -0.2) is 4.79 Å². The Morgan fingerprint density at radius 1 is 1.65 bits per heavy atom. The summed E-state index contributed by atoms with van der Waals surface area (Å²) in [5, 5.41) is 11.4. The van der Waals surface area contributed by atoms with E-state index < -0.39 is 23.8 Å². The molecule has 1 fully saturated rings. The monoisotopic (exact) mass is 284 g/mol. The molecule has 0 aromatic rings. The van der Waals surface area contributed by atoms with Crippen LogP contribution in [0.4, 0.5) is 0 Å². The summed E-state index contributed by atoms with van der Waals surface area (Å²) in [6, 6.07) is -1.12. The molecule has 0 aromatic carbocycles. The van der Waals surface area contributed by atoms with E-state index in [0.29, 0.717) is 13.1 Å². The lowest BCUT2D eigenvalue weighted by molar-refractivity contribution is -0.144. The van der Waals surface area contributed by atoms with E-state index in [1.165, 1.54) is 6.08 Å². The van der Waals surface area contributed by atoms with Crippen molar-refractivity contribution in [2.75, 3.05) is 26.3 Å². The number of hydrogen-bond donors (Lipinski definition) is 2. The lowest BCUT2D eigenvalue weighted by Gasteiger charge is -2.17. The minimum Gasteiger partial charge on any atom is -0.480 e. The number of carbonyl (C=O) groups is 3. The number of amides is 2. The van der Waals surface area contributed by atoms with Gasteiger partial charge in [0, 0.05) is 19.5 Å². The fourth-order valence-electron chi connectivity index (χ4n) is 1.99. The summed E-state index contributed by atoms with van der Waals surface area (Å²) < 4.78 is 5.04. The quantitative estimate of drug-likeness (QED) is 0.468. The van der Waals surface area contributed by atoms with Crippen molar-refractivity contribution in [3.63, 3.8) is 0 Å². The maximum absolute atomic E-state index is 12.0. The van der Waals surface area contributed by atoms with E-state index in [1.54, 1.807) is 4.90 Å². The molecule has 2 amide bonds. The third-order valence-corrected chi connectivity index (χ3v) is 3.10. The first-order valence-electron chi connectivity index (χ1n) is 6.49. The summed E-state index contributed by atoms with van der Waals surface area (Å²) >= 11 is 0. The number of likely N-dealkylation sites (tertiary alicyclic amines) is 1. The minimum atomic E-state index is -1.17. The lowest BCUT2D eigenvalue weighted by Crippen LogP contribution is -2.46. The van der Waals surface area contributed by atoms with Gasteiger partial charge in [-0.2, -0.15) is 0 Å².